The highest BCUT2D eigenvalue weighted by molar-refractivity contribution is 6.08. The minimum atomic E-state index is -0.0108. The summed E-state index contributed by atoms with van der Waals surface area (Å²) in [6.45, 7) is 5.93. The highest BCUT2D eigenvalue weighted by atomic mass is 16.3. The van der Waals surface area contributed by atoms with Gasteiger partial charge in [-0.15, -0.1) is 0 Å². The SMILES string of the molecule is Cc1cc(C)c(C(=O)/C=C/c2cccc(O)c2)c(C)c1. The van der Waals surface area contributed by atoms with E-state index in [1.54, 1.807) is 30.4 Å². The van der Waals surface area contributed by atoms with Crippen molar-refractivity contribution >= 4 is 11.9 Å². The molecule has 0 bridgehead atoms. The van der Waals surface area contributed by atoms with Crippen LogP contribution in [0.4, 0.5) is 0 Å². The normalized spacial score (nSPS) is 10.9. The quantitative estimate of drug-likeness (QED) is 0.667. The van der Waals surface area contributed by atoms with Crippen molar-refractivity contribution in [3.63, 3.8) is 0 Å². The summed E-state index contributed by atoms with van der Waals surface area (Å²) in [5.41, 5.74) is 4.71. The van der Waals surface area contributed by atoms with E-state index in [9.17, 15) is 9.90 Å². The van der Waals surface area contributed by atoms with Crippen molar-refractivity contribution in [2.75, 3.05) is 0 Å². The van der Waals surface area contributed by atoms with Gasteiger partial charge in [-0.05, 0) is 55.7 Å². The van der Waals surface area contributed by atoms with Crippen molar-refractivity contribution in [3.8, 4) is 5.75 Å². The number of aryl methyl sites for hydroxylation is 3. The van der Waals surface area contributed by atoms with Crippen LogP contribution in [0.1, 0.15) is 32.6 Å². The summed E-state index contributed by atoms with van der Waals surface area (Å²) in [6.07, 6.45) is 3.28. The molecule has 0 aliphatic carbocycles. The van der Waals surface area contributed by atoms with Crippen LogP contribution in [0, 0.1) is 20.8 Å². The Hall–Kier alpha value is -2.35. The third-order valence-electron chi connectivity index (χ3n) is 3.22. The molecule has 2 aromatic carbocycles. The lowest BCUT2D eigenvalue weighted by atomic mass is 9.96. The number of rotatable bonds is 3. The first kappa shape index (κ1) is 14.1. The molecule has 2 rings (SSSR count). The van der Waals surface area contributed by atoms with Gasteiger partial charge in [0.15, 0.2) is 5.78 Å². The average Bonchev–Trinajstić information content (AvgIpc) is 2.35. The Morgan fingerprint density at radius 3 is 2.30 bits per heavy atom. The minimum absolute atomic E-state index is 0.0108. The van der Waals surface area contributed by atoms with E-state index in [4.69, 9.17) is 0 Å². The molecule has 0 aliphatic rings. The monoisotopic (exact) mass is 266 g/mol. The summed E-state index contributed by atoms with van der Waals surface area (Å²) < 4.78 is 0. The molecule has 0 unspecified atom stereocenters. The topological polar surface area (TPSA) is 37.3 Å². The van der Waals surface area contributed by atoms with Gasteiger partial charge in [-0.25, -0.2) is 0 Å². The smallest absolute Gasteiger partial charge is 0.186 e. The van der Waals surface area contributed by atoms with E-state index in [0.717, 1.165) is 27.8 Å². The van der Waals surface area contributed by atoms with Crippen molar-refractivity contribution in [3.05, 3.63) is 70.3 Å². The summed E-state index contributed by atoms with van der Waals surface area (Å²) in [4.78, 5) is 12.3. The lowest BCUT2D eigenvalue weighted by Crippen LogP contribution is -2.02. The van der Waals surface area contributed by atoms with Gasteiger partial charge in [0, 0.05) is 5.56 Å². The minimum Gasteiger partial charge on any atom is -0.508 e. The van der Waals surface area contributed by atoms with Crippen LogP contribution < -0.4 is 0 Å². The fraction of sp³-hybridized carbons (Fsp3) is 0.167. The fourth-order valence-corrected chi connectivity index (χ4v) is 2.45. The van der Waals surface area contributed by atoms with Gasteiger partial charge < -0.3 is 5.11 Å². The van der Waals surface area contributed by atoms with E-state index in [2.05, 4.69) is 0 Å². The fourth-order valence-electron chi connectivity index (χ4n) is 2.45. The third-order valence-corrected chi connectivity index (χ3v) is 3.22. The summed E-state index contributed by atoms with van der Waals surface area (Å²) in [5, 5.41) is 9.40. The van der Waals surface area contributed by atoms with E-state index >= 15 is 0 Å². The second-order valence-electron chi connectivity index (χ2n) is 5.07. The van der Waals surface area contributed by atoms with E-state index in [1.165, 1.54) is 0 Å². The first-order valence-electron chi connectivity index (χ1n) is 6.56. The van der Waals surface area contributed by atoms with E-state index in [0.29, 0.717) is 0 Å². The Morgan fingerprint density at radius 2 is 1.70 bits per heavy atom. The van der Waals surface area contributed by atoms with Gasteiger partial charge in [0.25, 0.3) is 0 Å². The molecule has 0 amide bonds. The molecule has 0 heterocycles. The van der Waals surface area contributed by atoms with Gasteiger partial charge in [-0.2, -0.15) is 0 Å². The largest absolute Gasteiger partial charge is 0.508 e. The van der Waals surface area contributed by atoms with E-state index < -0.39 is 0 Å². The van der Waals surface area contributed by atoms with Gasteiger partial charge in [-0.1, -0.05) is 35.9 Å². The van der Waals surface area contributed by atoms with Crippen molar-refractivity contribution in [2.24, 2.45) is 0 Å². The molecular formula is C18H18O2. The number of carbonyl (C=O) groups excluding carboxylic acids is 1. The highest BCUT2D eigenvalue weighted by Gasteiger charge is 2.09. The molecule has 0 aliphatic heterocycles. The number of aromatic hydroxyl groups is 1. The Morgan fingerprint density at radius 1 is 1.05 bits per heavy atom. The van der Waals surface area contributed by atoms with Gasteiger partial charge in [-0.3, -0.25) is 4.79 Å². The van der Waals surface area contributed by atoms with Crippen molar-refractivity contribution in [1.82, 2.24) is 0 Å². The summed E-state index contributed by atoms with van der Waals surface area (Å²) >= 11 is 0. The van der Waals surface area contributed by atoms with Crippen molar-refractivity contribution in [1.29, 1.82) is 0 Å². The summed E-state index contributed by atoms with van der Waals surface area (Å²) in [5.74, 6) is 0.186. The molecule has 0 saturated heterocycles. The zero-order valence-corrected chi connectivity index (χ0v) is 12.0. The molecule has 1 N–H and O–H groups in total. The molecule has 0 fully saturated rings. The van der Waals surface area contributed by atoms with Crippen LogP contribution in [0.3, 0.4) is 0 Å². The second kappa shape index (κ2) is 5.74. The van der Waals surface area contributed by atoms with Crippen LogP contribution in [-0.2, 0) is 0 Å². The van der Waals surface area contributed by atoms with Crippen LogP contribution in [0.5, 0.6) is 5.75 Å². The van der Waals surface area contributed by atoms with Crippen LogP contribution in [-0.4, -0.2) is 10.9 Å². The zero-order valence-electron chi connectivity index (χ0n) is 12.0. The van der Waals surface area contributed by atoms with E-state index in [-0.39, 0.29) is 11.5 Å². The Kier molecular flexibility index (Phi) is 4.04. The molecular weight excluding hydrogens is 248 g/mol. The number of benzene rings is 2. The Labute approximate surface area is 119 Å². The second-order valence-corrected chi connectivity index (χ2v) is 5.07. The Bertz CT molecular complexity index is 659. The van der Waals surface area contributed by atoms with Crippen LogP contribution in [0.2, 0.25) is 0 Å². The summed E-state index contributed by atoms with van der Waals surface area (Å²) in [7, 11) is 0. The number of allylic oxidation sites excluding steroid dienone is 1. The Balaban J connectivity index is 2.29. The molecule has 0 saturated carbocycles. The van der Waals surface area contributed by atoms with Crippen LogP contribution in [0.25, 0.3) is 6.08 Å². The highest BCUT2D eigenvalue weighted by Crippen LogP contribution is 2.18. The van der Waals surface area contributed by atoms with Gasteiger partial charge in [0.2, 0.25) is 0 Å². The molecule has 2 aromatic rings. The van der Waals surface area contributed by atoms with Gasteiger partial charge >= 0.3 is 0 Å². The number of phenolic OH excluding ortho intramolecular Hbond substituents is 1. The lowest BCUT2D eigenvalue weighted by molar-refractivity contribution is 0.104. The predicted octanol–water partition coefficient (Wildman–Crippen LogP) is 4.21. The lowest BCUT2D eigenvalue weighted by Gasteiger charge is -2.08. The zero-order chi connectivity index (χ0) is 14.7. The number of hydrogen-bond donors (Lipinski definition) is 1. The van der Waals surface area contributed by atoms with Crippen LogP contribution in [0.15, 0.2) is 42.5 Å². The van der Waals surface area contributed by atoms with Crippen LogP contribution >= 0.6 is 0 Å². The van der Waals surface area contributed by atoms with Crippen molar-refractivity contribution < 1.29 is 9.90 Å². The van der Waals surface area contributed by atoms with Gasteiger partial charge in [0.1, 0.15) is 5.75 Å². The number of carbonyl (C=O) groups is 1. The predicted molar refractivity (Wildman–Crippen MR) is 82.1 cm³/mol. The molecule has 20 heavy (non-hydrogen) atoms. The van der Waals surface area contributed by atoms with Gasteiger partial charge in [0.05, 0.1) is 0 Å². The first-order chi connectivity index (χ1) is 9.47. The maximum Gasteiger partial charge on any atom is 0.186 e. The van der Waals surface area contributed by atoms with Crippen molar-refractivity contribution in [2.45, 2.75) is 20.8 Å². The standard InChI is InChI=1S/C18H18O2/c1-12-9-13(2)18(14(3)10-12)17(20)8-7-15-5-4-6-16(19)11-15/h4-11,19H,1-3H3/b8-7+. The molecule has 0 atom stereocenters. The number of hydrogen-bond acceptors (Lipinski definition) is 2. The summed E-state index contributed by atoms with van der Waals surface area (Å²) in [6, 6.07) is 10.9. The maximum atomic E-state index is 12.3. The third kappa shape index (κ3) is 3.15. The molecule has 2 heteroatoms. The number of phenols is 1. The molecule has 0 aromatic heterocycles. The first-order valence-corrected chi connectivity index (χ1v) is 6.56. The molecule has 0 spiro atoms. The molecule has 0 radical (unpaired) electrons. The average molecular weight is 266 g/mol. The van der Waals surface area contributed by atoms with E-state index in [1.807, 2.05) is 39.0 Å². The number of ketones is 1. The molecule has 2 nitrogen and oxygen atoms in total. The maximum absolute atomic E-state index is 12.3. The molecule has 102 valence electrons.